The highest BCUT2D eigenvalue weighted by Crippen LogP contribution is 2.10. The number of aromatic nitrogens is 2. The van der Waals surface area contributed by atoms with Gasteiger partial charge >= 0.3 is 0 Å². The molecule has 1 rings (SSSR count). The molecule has 0 saturated heterocycles. The van der Waals surface area contributed by atoms with E-state index in [9.17, 15) is 0 Å². The first-order valence-corrected chi connectivity index (χ1v) is 4.31. The third-order valence-electron chi connectivity index (χ3n) is 1.17. The summed E-state index contributed by atoms with van der Waals surface area (Å²) >= 11 is 1.55. The van der Waals surface area contributed by atoms with Gasteiger partial charge in [-0.1, -0.05) is 0 Å². The number of hydrogen-bond donors (Lipinski definition) is 0. The van der Waals surface area contributed by atoms with Gasteiger partial charge in [0.15, 0.2) is 0 Å². The molecule has 0 atom stereocenters. The molecule has 4 heteroatoms. The van der Waals surface area contributed by atoms with Crippen molar-refractivity contribution >= 4 is 11.8 Å². The van der Waals surface area contributed by atoms with E-state index in [1.165, 1.54) is 6.33 Å². The zero-order valence-corrected chi connectivity index (χ0v) is 6.93. The van der Waals surface area contributed by atoms with Crippen molar-refractivity contribution in [2.24, 2.45) is 0 Å². The summed E-state index contributed by atoms with van der Waals surface area (Å²) in [6.45, 7) is 0. The summed E-state index contributed by atoms with van der Waals surface area (Å²) in [6.07, 6.45) is 3.78. The largest absolute Gasteiger partial charge is 0.240 e. The molecule has 0 radical (unpaired) electrons. The lowest BCUT2D eigenvalue weighted by Gasteiger charge is -1.95. The minimum atomic E-state index is 0.357. The molecule has 0 aliphatic carbocycles. The second kappa shape index (κ2) is 3.94. The molecule has 11 heavy (non-hydrogen) atoms. The van der Waals surface area contributed by atoms with Crippen molar-refractivity contribution in [3.8, 4) is 6.07 Å². The van der Waals surface area contributed by atoms with Crippen LogP contribution in [0.1, 0.15) is 5.69 Å². The van der Waals surface area contributed by atoms with Crippen LogP contribution in [0.4, 0.5) is 0 Å². The Morgan fingerprint density at radius 1 is 1.64 bits per heavy atom. The van der Waals surface area contributed by atoms with Crippen LogP contribution < -0.4 is 0 Å². The predicted octanol–water partition coefficient (Wildman–Crippen LogP) is 1.26. The fraction of sp³-hybridized carbons (Fsp3) is 0.286. The van der Waals surface area contributed by atoms with E-state index >= 15 is 0 Å². The fourth-order valence-electron chi connectivity index (χ4n) is 0.666. The van der Waals surface area contributed by atoms with Crippen molar-refractivity contribution in [3.63, 3.8) is 0 Å². The molecule has 0 fully saturated rings. The second-order valence-corrected chi connectivity index (χ2v) is 2.71. The van der Waals surface area contributed by atoms with Crippen molar-refractivity contribution in [1.29, 1.82) is 5.26 Å². The molecule has 1 aromatic heterocycles. The fourth-order valence-corrected chi connectivity index (χ4v) is 1.07. The Balaban J connectivity index is 2.84. The zero-order chi connectivity index (χ0) is 8.10. The first-order valence-electron chi connectivity index (χ1n) is 3.08. The van der Waals surface area contributed by atoms with Crippen LogP contribution in [0.25, 0.3) is 0 Å². The van der Waals surface area contributed by atoms with Crippen LogP contribution >= 0.6 is 11.8 Å². The molecule has 0 spiro atoms. The predicted molar refractivity (Wildman–Crippen MR) is 43.1 cm³/mol. The summed E-state index contributed by atoms with van der Waals surface area (Å²) in [5.41, 5.74) is 0.784. The summed E-state index contributed by atoms with van der Waals surface area (Å²) in [5, 5.41) is 9.27. The van der Waals surface area contributed by atoms with Crippen molar-refractivity contribution in [1.82, 2.24) is 9.97 Å². The van der Waals surface area contributed by atoms with Gasteiger partial charge in [0, 0.05) is 0 Å². The molecule has 0 bridgehead atoms. The molecule has 1 heterocycles. The van der Waals surface area contributed by atoms with Crippen molar-refractivity contribution in [3.05, 3.63) is 18.1 Å². The van der Waals surface area contributed by atoms with Crippen LogP contribution in [-0.2, 0) is 6.42 Å². The Morgan fingerprint density at radius 2 is 2.45 bits per heavy atom. The standard InChI is InChI=1S/C7H7N3S/c1-11-7-4-6(2-3-8)9-5-10-7/h4-5H,2H2,1H3. The average molecular weight is 165 g/mol. The Morgan fingerprint density at radius 3 is 3.09 bits per heavy atom. The van der Waals surface area contributed by atoms with E-state index < -0.39 is 0 Å². The van der Waals surface area contributed by atoms with Gasteiger partial charge in [-0.15, -0.1) is 11.8 Å². The van der Waals surface area contributed by atoms with Crippen LogP contribution in [0.15, 0.2) is 17.4 Å². The smallest absolute Gasteiger partial charge is 0.117 e. The molecule has 3 nitrogen and oxygen atoms in total. The van der Waals surface area contributed by atoms with Gasteiger partial charge in [0.05, 0.1) is 23.2 Å². The molecule has 0 amide bonds. The first kappa shape index (κ1) is 8.02. The third-order valence-corrected chi connectivity index (χ3v) is 1.81. The number of hydrogen-bond acceptors (Lipinski definition) is 4. The molecule has 0 aliphatic heterocycles. The van der Waals surface area contributed by atoms with E-state index in [0.29, 0.717) is 6.42 Å². The number of thioether (sulfide) groups is 1. The maximum Gasteiger partial charge on any atom is 0.117 e. The van der Waals surface area contributed by atoms with Crippen molar-refractivity contribution < 1.29 is 0 Å². The van der Waals surface area contributed by atoms with Gasteiger partial charge in [-0.25, -0.2) is 9.97 Å². The lowest BCUT2D eigenvalue weighted by molar-refractivity contribution is 0.981. The molecule has 0 N–H and O–H groups in total. The molecule has 56 valence electrons. The minimum absolute atomic E-state index is 0.357. The molecule has 0 aromatic carbocycles. The van der Waals surface area contributed by atoms with E-state index in [1.807, 2.05) is 18.4 Å². The summed E-state index contributed by atoms with van der Waals surface area (Å²) in [6, 6.07) is 3.86. The normalized spacial score (nSPS) is 9.09. The highest BCUT2D eigenvalue weighted by Gasteiger charge is 1.95. The maximum absolute atomic E-state index is 8.37. The molecule has 0 aliphatic rings. The quantitative estimate of drug-likeness (QED) is 0.489. The molecule has 1 aromatic rings. The van der Waals surface area contributed by atoms with Crippen molar-refractivity contribution in [2.75, 3.05) is 6.26 Å². The monoisotopic (exact) mass is 165 g/mol. The van der Waals surface area contributed by atoms with E-state index in [4.69, 9.17) is 5.26 Å². The van der Waals surface area contributed by atoms with Gasteiger partial charge < -0.3 is 0 Å². The van der Waals surface area contributed by atoms with E-state index in [0.717, 1.165) is 10.7 Å². The van der Waals surface area contributed by atoms with Crippen LogP contribution in [0.2, 0.25) is 0 Å². The van der Waals surface area contributed by atoms with Gasteiger partial charge in [0.25, 0.3) is 0 Å². The molecular formula is C7H7N3S. The van der Waals surface area contributed by atoms with Crippen LogP contribution in [0, 0.1) is 11.3 Å². The second-order valence-electron chi connectivity index (χ2n) is 1.89. The first-order chi connectivity index (χ1) is 5.36. The lowest BCUT2D eigenvalue weighted by atomic mass is 10.3. The van der Waals surface area contributed by atoms with Gasteiger partial charge in [-0.3, -0.25) is 0 Å². The Labute approximate surface area is 69.5 Å². The summed E-state index contributed by atoms with van der Waals surface area (Å²) in [4.78, 5) is 7.91. The SMILES string of the molecule is CSc1cc(CC#N)ncn1. The van der Waals surface area contributed by atoms with Gasteiger partial charge in [0.1, 0.15) is 6.33 Å². The summed E-state index contributed by atoms with van der Waals surface area (Å²) in [7, 11) is 0. The Hall–Kier alpha value is -1.08. The highest BCUT2D eigenvalue weighted by atomic mass is 32.2. The van der Waals surface area contributed by atoms with Gasteiger partial charge in [-0.05, 0) is 12.3 Å². The van der Waals surface area contributed by atoms with E-state index in [-0.39, 0.29) is 0 Å². The van der Waals surface area contributed by atoms with Crippen LogP contribution in [-0.4, -0.2) is 16.2 Å². The summed E-state index contributed by atoms with van der Waals surface area (Å²) in [5.74, 6) is 0. The highest BCUT2D eigenvalue weighted by molar-refractivity contribution is 7.98. The third kappa shape index (κ3) is 2.20. The van der Waals surface area contributed by atoms with Gasteiger partial charge in [-0.2, -0.15) is 5.26 Å². The van der Waals surface area contributed by atoms with Crippen LogP contribution in [0.3, 0.4) is 0 Å². The average Bonchev–Trinajstić information content (AvgIpc) is 2.06. The van der Waals surface area contributed by atoms with Crippen molar-refractivity contribution in [2.45, 2.75) is 11.4 Å². The molecular weight excluding hydrogens is 158 g/mol. The number of nitriles is 1. The topological polar surface area (TPSA) is 49.6 Å². The molecule has 0 unspecified atom stereocenters. The minimum Gasteiger partial charge on any atom is -0.240 e. The van der Waals surface area contributed by atoms with E-state index in [2.05, 4.69) is 9.97 Å². The number of nitrogens with zero attached hydrogens (tertiary/aromatic N) is 3. The number of rotatable bonds is 2. The lowest BCUT2D eigenvalue weighted by Crippen LogP contribution is -1.89. The molecule has 0 saturated carbocycles. The zero-order valence-electron chi connectivity index (χ0n) is 6.11. The Bertz CT molecular complexity index is 279. The summed E-state index contributed by atoms with van der Waals surface area (Å²) < 4.78 is 0. The van der Waals surface area contributed by atoms with Gasteiger partial charge in [0.2, 0.25) is 0 Å². The van der Waals surface area contributed by atoms with E-state index in [1.54, 1.807) is 11.8 Å². The maximum atomic E-state index is 8.37. The Kier molecular flexibility index (Phi) is 2.87. The van der Waals surface area contributed by atoms with Crippen LogP contribution in [0.5, 0.6) is 0 Å².